The van der Waals surface area contributed by atoms with Gasteiger partial charge in [-0.05, 0) is 30.4 Å². The summed E-state index contributed by atoms with van der Waals surface area (Å²) in [6.07, 6.45) is 2.99. The van der Waals surface area contributed by atoms with E-state index in [1.165, 1.54) is 18.2 Å². The fraction of sp³-hybridized carbons (Fsp3) is 0.0667. The van der Waals surface area contributed by atoms with E-state index in [1.807, 2.05) is 24.3 Å². The number of phenolic OH excluding ortho intramolecular Hbond substituents is 1. The first kappa shape index (κ1) is 16.7. The minimum atomic E-state index is -4.61. The molecule has 0 amide bonds. The van der Waals surface area contributed by atoms with Gasteiger partial charge in [-0.1, -0.05) is 53.9 Å². The van der Waals surface area contributed by atoms with Gasteiger partial charge in [-0.25, -0.2) is 0 Å². The number of thioether (sulfide) groups is 2. The van der Waals surface area contributed by atoms with Crippen LogP contribution in [-0.4, -0.2) is 9.37 Å². The van der Waals surface area contributed by atoms with Crippen LogP contribution in [0.4, 0.5) is 0 Å². The fourth-order valence-corrected chi connectivity index (χ4v) is 5.52. The van der Waals surface area contributed by atoms with Gasteiger partial charge in [-0.2, -0.15) is 14.0 Å². The number of aromatic hydroxyl groups is 1. The maximum atomic E-state index is 11.1. The lowest BCUT2D eigenvalue weighted by Crippen LogP contribution is -2.63. The number of phenols is 1. The molecule has 8 heteroatoms. The lowest BCUT2D eigenvalue weighted by atomic mass is 10.2. The molecule has 120 valence electrons. The van der Waals surface area contributed by atoms with Crippen LogP contribution in [0.3, 0.4) is 0 Å². The molecule has 0 aliphatic carbocycles. The Bertz CT molecular complexity index is 720. The highest BCUT2D eigenvalue weighted by Gasteiger charge is 2.51. The Kier molecular flexibility index (Phi) is 4.61. The number of hydrogen-bond donors (Lipinski definition) is 1. The van der Waals surface area contributed by atoms with Gasteiger partial charge in [0, 0.05) is 15.4 Å². The molecular formula is C15H11ClO5S2. The van der Waals surface area contributed by atoms with E-state index in [1.54, 1.807) is 18.2 Å². The summed E-state index contributed by atoms with van der Waals surface area (Å²) in [4.78, 5) is 1.64. The van der Waals surface area contributed by atoms with Crippen LogP contribution in [0, 0.1) is 10.2 Å². The summed E-state index contributed by atoms with van der Waals surface area (Å²) in [6, 6.07) is 13.9. The summed E-state index contributed by atoms with van der Waals surface area (Å²) < 4.78 is 36.7. The van der Waals surface area contributed by atoms with E-state index < -0.39 is 14.5 Å². The second kappa shape index (κ2) is 6.37. The van der Waals surface area contributed by atoms with Crippen molar-refractivity contribution < 1.29 is 33.6 Å². The number of rotatable bonds is 4. The minimum absolute atomic E-state index is 0.0481. The summed E-state index contributed by atoms with van der Waals surface area (Å²) in [5, 5.41) is 9.79. The molecule has 0 bridgehead atoms. The first-order chi connectivity index (χ1) is 10.9. The van der Waals surface area contributed by atoms with Crippen LogP contribution in [0.2, 0.25) is 0 Å². The molecule has 0 unspecified atom stereocenters. The van der Waals surface area contributed by atoms with Crippen molar-refractivity contribution in [1.82, 2.24) is 0 Å². The summed E-state index contributed by atoms with van der Waals surface area (Å²) in [6.45, 7) is 0. The Balaban J connectivity index is 1.94. The molecule has 0 saturated heterocycles. The van der Waals surface area contributed by atoms with Gasteiger partial charge in [0.15, 0.2) is 0 Å². The summed E-state index contributed by atoms with van der Waals surface area (Å²) >= 11 is 2.24. The number of para-hydroxylation sites is 1. The molecule has 5 nitrogen and oxygen atoms in total. The maximum Gasteiger partial charge on any atom is 0.342 e. The fourth-order valence-electron chi connectivity index (χ4n) is 2.02. The second-order valence-electron chi connectivity index (χ2n) is 4.60. The first-order valence-electron chi connectivity index (χ1n) is 6.43. The predicted molar refractivity (Wildman–Crippen MR) is 79.1 cm³/mol. The molecule has 0 aromatic heterocycles. The highest BCUT2D eigenvalue weighted by molar-refractivity contribution is 8.20. The largest absolute Gasteiger partial charge is 0.507 e. The van der Waals surface area contributed by atoms with Crippen LogP contribution in [0.5, 0.6) is 5.75 Å². The van der Waals surface area contributed by atoms with Crippen molar-refractivity contribution in [3.05, 3.63) is 60.2 Å². The van der Waals surface area contributed by atoms with Gasteiger partial charge in [-0.15, -0.1) is 0 Å². The Labute approximate surface area is 143 Å². The van der Waals surface area contributed by atoms with Crippen LogP contribution < -0.4 is 14.0 Å². The third-order valence-electron chi connectivity index (χ3n) is 2.96. The molecule has 2 aromatic rings. The van der Waals surface area contributed by atoms with E-state index in [0.717, 1.165) is 33.3 Å². The Morgan fingerprint density at radius 2 is 1.52 bits per heavy atom. The molecule has 2 aromatic carbocycles. The van der Waals surface area contributed by atoms with Gasteiger partial charge in [-0.3, -0.25) is 0 Å². The van der Waals surface area contributed by atoms with Gasteiger partial charge in [0.25, 0.3) is 0 Å². The molecule has 23 heavy (non-hydrogen) atoms. The third-order valence-corrected chi connectivity index (χ3v) is 6.36. The Hall–Kier alpha value is -1.19. The predicted octanol–water partition coefficient (Wildman–Crippen LogP) is 0.871. The van der Waals surface area contributed by atoms with E-state index in [0.29, 0.717) is 5.56 Å². The number of benzene rings is 2. The third kappa shape index (κ3) is 4.02. The Morgan fingerprint density at radius 1 is 0.957 bits per heavy atom. The van der Waals surface area contributed by atoms with Crippen molar-refractivity contribution in [1.29, 1.82) is 0 Å². The molecule has 0 fully saturated rings. The van der Waals surface area contributed by atoms with Crippen LogP contribution in [0.25, 0.3) is 6.08 Å². The van der Waals surface area contributed by atoms with Crippen molar-refractivity contribution in [2.75, 3.05) is 0 Å². The number of halogens is 1. The van der Waals surface area contributed by atoms with Crippen molar-refractivity contribution >= 4 is 29.6 Å². The van der Waals surface area contributed by atoms with Gasteiger partial charge >= 0.3 is 4.27 Å². The Morgan fingerprint density at radius 3 is 2.09 bits per heavy atom. The van der Waals surface area contributed by atoms with Crippen LogP contribution in [-0.2, 0) is 4.29 Å². The smallest absolute Gasteiger partial charge is 0.342 e. The average Bonchev–Trinajstić information content (AvgIpc) is 2.82. The first-order valence-corrected chi connectivity index (χ1v) is 9.29. The van der Waals surface area contributed by atoms with Crippen molar-refractivity contribution in [3.8, 4) is 5.75 Å². The maximum absolute atomic E-state index is 11.1. The lowest BCUT2D eigenvalue weighted by molar-refractivity contribution is -1.92. The van der Waals surface area contributed by atoms with Gasteiger partial charge in [0.2, 0.25) is 0 Å². The van der Waals surface area contributed by atoms with Crippen molar-refractivity contribution in [3.63, 3.8) is 0 Å². The highest BCUT2D eigenvalue weighted by Crippen LogP contribution is 2.57. The van der Waals surface area contributed by atoms with E-state index in [-0.39, 0.29) is 5.75 Å². The molecule has 1 aliphatic rings. The van der Waals surface area contributed by atoms with E-state index >= 15 is 0 Å². The van der Waals surface area contributed by atoms with Crippen molar-refractivity contribution in [2.24, 2.45) is 0 Å². The van der Waals surface area contributed by atoms with Crippen LogP contribution in [0.1, 0.15) is 5.56 Å². The minimum Gasteiger partial charge on any atom is -0.507 e. The van der Waals surface area contributed by atoms with Gasteiger partial charge in [0.05, 0.1) is 10.2 Å². The quantitative estimate of drug-likeness (QED) is 0.852. The molecule has 1 N–H and O–H groups in total. The second-order valence-corrected chi connectivity index (χ2v) is 8.27. The summed E-state index contributed by atoms with van der Waals surface area (Å²) in [7, 11) is -4.61. The zero-order valence-electron chi connectivity index (χ0n) is 11.5. The molecule has 0 atom stereocenters. The summed E-state index contributed by atoms with van der Waals surface area (Å²) in [5.41, 5.74) is 0.493. The zero-order valence-corrected chi connectivity index (χ0v) is 13.9. The molecule has 1 heterocycles. The average molecular weight is 371 g/mol. The molecule has 1 aliphatic heterocycles. The van der Waals surface area contributed by atoms with Gasteiger partial charge < -0.3 is 5.11 Å². The SMILES string of the molecule is [O-][Cl+3]([O-])([O-])OC1(/C=C/c2ccccc2O)Sc2ccccc2S1. The monoisotopic (exact) mass is 370 g/mol. The van der Waals surface area contributed by atoms with E-state index in [4.69, 9.17) is 4.29 Å². The molecule has 0 radical (unpaired) electrons. The zero-order chi connectivity index (χ0) is 16.5. The van der Waals surface area contributed by atoms with Gasteiger partial charge in [0.1, 0.15) is 10.0 Å². The molecular weight excluding hydrogens is 360 g/mol. The number of fused-ring (bicyclic) bond motifs is 1. The normalized spacial score (nSPS) is 16.7. The highest BCUT2D eigenvalue weighted by atomic mass is 35.7. The van der Waals surface area contributed by atoms with E-state index in [9.17, 15) is 19.1 Å². The number of hydrogen-bond acceptors (Lipinski definition) is 7. The molecule has 0 spiro atoms. The topological polar surface area (TPSA) is 98.6 Å². The van der Waals surface area contributed by atoms with Crippen LogP contribution >= 0.6 is 23.5 Å². The standard InChI is InChI=1S/C15H11ClO5S2/c17-12-6-2-1-5-11(12)9-10-15(21-16(18,19)20)22-13-7-3-4-8-14(13)23-15/h1-10,17H/b10-9+. The van der Waals surface area contributed by atoms with Crippen LogP contribution in [0.15, 0.2) is 64.4 Å². The molecule has 3 rings (SSSR count). The summed E-state index contributed by atoms with van der Waals surface area (Å²) in [5.74, 6) is 0.0481. The van der Waals surface area contributed by atoms with E-state index in [2.05, 4.69) is 0 Å². The molecule has 0 saturated carbocycles. The lowest BCUT2D eigenvalue weighted by Gasteiger charge is -2.22. The van der Waals surface area contributed by atoms with Crippen molar-refractivity contribution in [2.45, 2.75) is 14.1 Å².